The van der Waals surface area contributed by atoms with Gasteiger partial charge in [-0.3, -0.25) is 4.57 Å². The number of pyridine rings is 1. The van der Waals surface area contributed by atoms with Crippen LogP contribution in [-0.2, 0) is 19.3 Å². The first-order valence-corrected chi connectivity index (χ1v) is 16.5. The summed E-state index contributed by atoms with van der Waals surface area (Å²) >= 11 is 0. The number of hydrogen-bond acceptors (Lipinski definition) is 4. The van der Waals surface area contributed by atoms with Crippen LogP contribution in [0.15, 0.2) is 97.2 Å². The first-order chi connectivity index (χ1) is 22.9. The summed E-state index contributed by atoms with van der Waals surface area (Å²) in [5.74, 6) is 3.30. The number of rotatable bonds is 9. The highest BCUT2D eigenvalue weighted by Crippen LogP contribution is 2.39. The maximum atomic E-state index is 6.57. The van der Waals surface area contributed by atoms with E-state index in [9.17, 15) is 0 Å². The minimum absolute atomic E-state index is 0.755. The third kappa shape index (κ3) is 5.34. The van der Waals surface area contributed by atoms with Crippen LogP contribution < -0.4 is 9.47 Å². The van der Waals surface area contributed by atoms with Gasteiger partial charge in [-0.05, 0) is 110 Å². The summed E-state index contributed by atoms with van der Waals surface area (Å²) in [5.41, 5.74) is 11.6. The van der Waals surface area contributed by atoms with Gasteiger partial charge in [-0.25, -0.2) is 9.67 Å². The van der Waals surface area contributed by atoms with Crippen molar-refractivity contribution in [3.8, 4) is 39.9 Å². The Morgan fingerprint density at radius 2 is 1.49 bits per heavy atom. The van der Waals surface area contributed by atoms with E-state index in [1.165, 1.54) is 33.3 Å². The second-order valence-corrected chi connectivity index (χ2v) is 12.0. The molecule has 0 aliphatic carbocycles. The van der Waals surface area contributed by atoms with Gasteiger partial charge in [0.05, 0.1) is 35.2 Å². The second kappa shape index (κ2) is 12.4. The Hall–Kier alpha value is -5.36. The number of benzene rings is 4. The molecule has 0 saturated heterocycles. The molecule has 0 N–H and O–H groups in total. The zero-order valence-electron chi connectivity index (χ0n) is 28.0. The van der Waals surface area contributed by atoms with Gasteiger partial charge >= 0.3 is 0 Å². The van der Waals surface area contributed by atoms with Crippen molar-refractivity contribution in [2.75, 3.05) is 7.11 Å². The monoisotopic (exact) mass is 620 g/mol. The first kappa shape index (κ1) is 30.3. The summed E-state index contributed by atoms with van der Waals surface area (Å²) in [7, 11) is 1.73. The summed E-state index contributed by atoms with van der Waals surface area (Å²) in [6, 6.07) is 31.5. The molecule has 6 heteroatoms. The minimum atomic E-state index is 0.755. The van der Waals surface area contributed by atoms with E-state index in [1.807, 2.05) is 30.5 Å². The highest BCUT2D eigenvalue weighted by molar-refractivity contribution is 6.09. The van der Waals surface area contributed by atoms with Crippen molar-refractivity contribution in [1.29, 1.82) is 0 Å². The van der Waals surface area contributed by atoms with Crippen LogP contribution in [0.5, 0.6) is 17.2 Å². The van der Waals surface area contributed by atoms with Crippen LogP contribution in [0.3, 0.4) is 0 Å². The molecule has 0 saturated carbocycles. The van der Waals surface area contributed by atoms with Crippen LogP contribution in [0.4, 0.5) is 0 Å². The Bertz CT molecular complexity index is 2260. The fourth-order valence-corrected chi connectivity index (χ4v) is 6.88. The van der Waals surface area contributed by atoms with Gasteiger partial charge in [-0.1, -0.05) is 45.0 Å². The van der Waals surface area contributed by atoms with E-state index < -0.39 is 0 Å². The second-order valence-electron chi connectivity index (χ2n) is 12.0. The van der Waals surface area contributed by atoms with Crippen LogP contribution in [0, 0.1) is 13.8 Å². The number of fused-ring (bicyclic) bond motifs is 3. The number of para-hydroxylation sites is 1. The quantitative estimate of drug-likeness (QED) is 0.161. The van der Waals surface area contributed by atoms with Gasteiger partial charge in [0.25, 0.3) is 0 Å². The molecule has 0 spiro atoms. The van der Waals surface area contributed by atoms with Crippen molar-refractivity contribution in [2.45, 2.75) is 53.9 Å². The summed E-state index contributed by atoms with van der Waals surface area (Å²) in [6.45, 7) is 10.9. The minimum Gasteiger partial charge on any atom is -0.497 e. The Morgan fingerprint density at radius 1 is 0.681 bits per heavy atom. The molecule has 0 amide bonds. The Kier molecular flexibility index (Phi) is 8.02. The molecule has 47 heavy (non-hydrogen) atoms. The smallest absolute Gasteiger partial charge is 0.137 e. The highest BCUT2D eigenvalue weighted by atomic mass is 16.5. The molecule has 0 unspecified atom stereocenters. The van der Waals surface area contributed by atoms with Crippen LogP contribution in [0.2, 0.25) is 0 Å². The van der Waals surface area contributed by atoms with Gasteiger partial charge in [0.2, 0.25) is 0 Å². The molecule has 4 aromatic carbocycles. The zero-order valence-corrected chi connectivity index (χ0v) is 28.0. The van der Waals surface area contributed by atoms with Crippen molar-refractivity contribution < 1.29 is 9.47 Å². The van der Waals surface area contributed by atoms with Crippen LogP contribution in [0.25, 0.3) is 44.4 Å². The third-order valence-electron chi connectivity index (χ3n) is 9.05. The van der Waals surface area contributed by atoms with E-state index in [0.717, 1.165) is 75.7 Å². The number of nitrogens with zero attached hydrogens (tertiary/aromatic N) is 4. The molecule has 0 radical (unpaired) electrons. The molecular weight excluding hydrogens is 580 g/mol. The summed E-state index contributed by atoms with van der Waals surface area (Å²) in [6.07, 6.45) is 4.46. The lowest BCUT2D eigenvalue weighted by atomic mass is 9.90. The molecule has 0 bridgehead atoms. The topological polar surface area (TPSA) is 54.1 Å². The lowest BCUT2D eigenvalue weighted by Gasteiger charge is -2.16. The van der Waals surface area contributed by atoms with Crippen molar-refractivity contribution in [3.05, 3.63) is 125 Å². The van der Waals surface area contributed by atoms with Crippen LogP contribution in [0.1, 0.15) is 48.8 Å². The first-order valence-electron chi connectivity index (χ1n) is 16.5. The molecule has 0 aliphatic rings. The van der Waals surface area contributed by atoms with E-state index >= 15 is 0 Å². The summed E-state index contributed by atoms with van der Waals surface area (Å²) in [5, 5.41) is 7.54. The van der Waals surface area contributed by atoms with Crippen LogP contribution in [-0.4, -0.2) is 26.4 Å². The van der Waals surface area contributed by atoms with Crippen molar-refractivity contribution >= 4 is 21.8 Å². The maximum Gasteiger partial charge on any atom is 0.137 e. The molecule has 0 aliphatic heterocycles. The number of aryl methyl sites for hydroxylation is 4. The number of hydrogen-bond donors (Lipinski definition) is 0. The highest BCUT2D eigenvalue weighted by Gasteiger charge is 2.23. The van der Waals surface area contributed by atoms with Gasteiger partial charge in [-0.2, -0.15) is 5.10 Å². The van der Waals surface area contributed by atoms with E-state index in [4.69, 9.17) is 19.6 Å². The fraction of sp³-hybridized carbons (Fsp3) is 0.220. The standard InChI is InChI=1S/C41H40N4O2/c1-7-28-23-32(46-6)22-27(5)40(28)41-35(8-2)43-45(36(41)9-3)29-13-12-14-30(24-29)47-31-17-18-34-33-15-10-11-16-37(33)44(38(34)25-31)39-21-26(4)19-20-42-39/h10-25H,7-9H2,1-6H3. The van der Waals surface area contributed by atoms with Crippen molar-refractivity contribution in [2.24, 2.45) is 0 Å². The summed E-state index contributed by atoms with van der Waals surface area (Å²) in [4.78, 5) is 4.73. The molecule has 6 nitrogen and oxygen atoms in total. The van der Waals surface area contributed by atoms with Crippen molar-refractivity contribution in [3.63, 3.8) is 0 Å². The van der Waals surface area contributed by atoms with Gasteiger partial charge in [0, 0.05) is 34.7 Å². The lowest BCUT2D eigenvalue weighted by Crippen LogP contribution is -2.03. The third-order valence-corrected chi connectivity index (χ3v) is 9.05. The maximum absolute atomic E-state index is 6.57. The summed E-state index contributed by atoms with van der Waals surface area (Å²) < 4.78 is 16.5. The van der Waals surface area contributed by atoms with Crippen molar-refractivity contribution in [1.82, 2.24) is 19.3 Å². The molecule has 3 aromatic heterocycles. The number of methoxy groups -OCH3 is 1. The molecule has 3 heterocycles. The fourth-order valence-electron chi connectivity index (χ4n) is 6.88. The molecular formula is C41H40N4O2. The normalized spacial score (nSPS) is 11.4. The van der Waals surface area contributed by atoms with Gasteiger partial charge in [0.15, 0.2) is 0 Å². The van der Waals surface area contributed by atoms with E-state index in [1.54, 1.807) is 7.11 Å². The molecule has 7 rings (SSSR count). The van der Waals surface area contributed by atoms with E-state index in [0.29, 0.717) is 0 Å². The molecule has 0 atom stereocenters. The number of ether oxygens (including phenoxy) is 2. The van der Waals surface area contributed by atoms with E-state index in [2.05, 4.69) is 111 Å². The predicted octanol–water partition coefficient (Wildman–Crippen LogP) is 10.1. The van der Waals surface area contributed by atoms with E-state index in [-0.39, 0.29) is 0 Å². The molecule has 7 aromatic rings. The zero-order chi connectivity index (χ0) is 32.7. The number of aromatic nitrogens is 4. The largest absolute Gasteiger partial charge is 0.497 e. The SMILES string of the molecule is CCc1cc(OC)cc(C)c1-c1c(CC)nn(-c2cccc(Oc3ccc4c5ccccc5n(-c5cc(C)ccn5)c4c3)c2)c1CC. The average Bonchev–Trinajstić information content (AvgIpc) is 3.63. The Labute approximate surface area is 276 Å². The van der Waals surface area contributed by atoms with Gasteiger partial charge in [-0.15, -0.1) is 0 Å². The average molecular weight is 621 g/mol. The lowest BCUT2D eigenvalue weighted by molar-refractivity contribution is 0.414. The Morgan fingerprint density at radius 3 is 2.26 bits per heavy atom. The Balaban J connectivity index is 1.31. The molecule has 0 fully saturated rings. The van der Waals surface area contributed by atoms with Gasteiger partial charge < -0.3 is 9.47 Å². The van der Waals surface area contributed by atoms with Crippen LogP contribution >= 0.6 is 0 Å². The molecule has 236 valence electrons. The predicted molar refractivity (Wildman–Crippen MR) is 192 cm³/mol. The van der Waals surface area contributed by atoms with Gasteiger partial charge in [0.1, 0.15) is 23.1 Å².